The van der Waals surface area contributed by atoms with Crippen LogP contribution in [0.4, 0.5) is 8.78 Å². The van der Waals surface area contributed by atoms with Crippen LogP contribution in [0.5, 0.6) is 11.5 Å². The molecule has 0 fully saturated rings. The smallest absolute Gasteiger partial charge is 0.196 e. The quantitative estimate of drug-likeness (QED) is 0.791. The fourth-order valence-electron chi connectivity index (χ4n) is 2.01. The first kappa shape index (κ1) is 12.6. The highest BCUT2D eigenvalue weighted by Crippen LogP contribution is 2.31. The first-order valence-electron chi connectivity index (χ1n) is 6.04. The summed E-state index contributed by atoms with van der Waals surface area (Å²) in [6, 6.07) is 7.49. The minimum Gasteiger partial charge on any atom is -0.486 e. The summed E-state index contributed by atoms with van der Waals surface area (Å²) in [5.41, 5.74) is 0.0860. The van der Waals surface area contributed by atoms with Crippen LogP contribution in [0.3, 0.4) is 0 Å². The molecule has 0 saturated carbocycles. The lowest BCUT2D eigenvalue weighted by atomic mass is 10.0. The van der Waals surface area contributed by atoms with E-state index in [1.54, 1.807) is 6.07 Å². The van der Waals surface area contributed by atoms with Gasteiger partial charge < -0.3 is 9.47 Å². The van der Waals surface area contributed by atoms with Gasteiger partial charge in [-0.3, -0.25) is 4.79 Å². The van der Waals surface area contributed by atoms with Crippen LogP contribution >= 0.6 is 0 Å². The van der Waals surface area contributed by atoms with Gasteiger partial charge in [0.15, 0.2) is 17.3 Å². The summed E-state index contributed by atoms with van der Waals surface area (Å²) in [6.07, 6.45) is 0. The number of benzene rings is 2. The molecular weight excluding hydrogens is 266 g/mol. The molecule has 20 heavy (non-hydrogen) atoms. The summed E-state index contributed by atoms with van der Waals surface area (Å²) in [6.45, 7) is 0.850. The molecule has 1 aliphatic rings. The molecule has 0 bridgehead atoms. The molecular formula is C15H10F2O3. The minimum absolute atomic E-state index is 0.178. The molecule has 0 amide bonds. The van der Waals surface area contributed by atoms with Crippen molar-refractivity contribution in [1.82, 2.24) is 0 Å². The Morgan fingerprint density at radius 3 is 2.45 bits per heavy atom. The van der Waals surface area contributed by atoms with Crippen LogP contribution in [-0.2, 0) is 0 Å². The van der Waals surface area contributed by atoms with E-state index < -0.39 is 17.4 Å². The summed E-state index contributed by atoms with van der Waals surface area (Å²) in [5.74, 6) is -1.14. The number of hydrogen-bond acceptors (Lipinski definition) is 3. The number of carbonyl (C=O) groups excluding carboxylic acids is 1. The van der Waals surface area contributed by atoms with Crippen LogP contribution in [-0.4, -0.2) is 19.0 Å². The van der Waals surface area contributed by atoms with Gasteiger partial charge in [-0.2, -0.15) is 0 Å². The molecule has 0 saturated heterocycles. The molecule has 0 spiro atoms. The van der Waals surface area contributed by atoms with Crippen molar-refractivity contribution in [1.29, 1.82) is 0 Å². The number of halogens is 2. The highest BCUT2D eigenvalue weighted by molar-refractivity contribution is 6.09. The average Bonchev–Trinajstić information content (AvgIpc) is 2.46. The Balaban J connectivity index is 1.98. The van der Waals surface area contributed by atoms with Crippen molar-refractivity contribution in [2.45, 2.75) is 0 Å². The zero-order chi connectivity index (χ0) is 14.1. The van der Waals surface area contributed by atoms with Gasteiger partial charge in [-0.25, -0.2) is 8.78 Å². The van der Waals surface area contributed by atoms with Crippen LogP contribution in [0, 0.1) is 11.6 Å². The molecule has 102 valence electrons. The number of rotatable bonds is 2. The second-order valence-electron chi connectivity index (χ2n) is 4.31. The van der Waals surface area contributed by atoms with E-state index in [1.165, 1.54) is 12.1 Å². The minimum atomic E-state index is -0.884. The number of fused-ring (bicyclic) bond motifs is 1. The van der Waals surface area contributed by atoms with Crippen molar-refractivity contribution in [3.63, 3.8) is 0 Å². The Bertz CT molecular complexity index is 683. The normalized spacial score (nSPS) is 13.1. The maximum atomic E-state index is 13.6. The monoisotopic (exact) mass is 276 g/mol. The molecule has 5 heteroatoms. The Kier molecular flexibility index (Phi) is 3.10. The van der Waals surface area contributed by atoms with Crippen molar-refractivity contribution in [3.05, 3.63) is 59.2 Å². The zero-order valence-corrected chi connectivity index (χ0v) is 10.4. The van der Waals surface area contributed by atoms with E-state index in [0.29, 0.717) is 30.8 Å². The van der Waals surface area contributed by atoms with E-state index in [1.807, 2.05) is 0 Å². The maximum absolute atomic E-state index is 13.6. The van der Waals surface area contributed by atoms with Crippen LogP contribution < -0.4 is 9.47 Å². The third-order valence-corrected chi connectivity index (χ3v) is 2.98. The molecule has 0 unspecified atom stereocenters. The highest BCUT2D eigenvalue weighted by Gasteiger charge is 2.18. The SMILES string of the molecule is O=C(c1ccc2c(c1)OCCO2)c1ccc(F)cc1F. The highest BCUT2D eigenvalue weighted by atomic mass is 19.1. The summed E-state index contributed by atoms with van der Waals surface area (Å²) in [7, 11) is 0. The van der Waals surface area contributed by atoms with Crippen LogP contribution in [0.15, 0.2) is 36.4 Å². The topological polar surface area (TPSA) is 35.5 Å². The molecule has 2 aromatic rings. The first-order chi connectivity index (χ1) is 9.65. The third kappa shape index (κ3) is 2.22. The Morgan fingerprint density at radius 2 is 1.70 bits per heavy atom. The van der Waals surface area contributed by atoms with E-state index >= 15 is 0 Å². The molecule has 0 aliphatic carbocycles. The summed E-state index contributed by atoms with van der Waals surface area (Å²) in [4.78, 5) is 12.2. The molecule has 0 N–H and O–H groups in total. The number of ether oxygens (including phenoxy) is 2. The molecule has 1 aliphatic heterocycles. The lowest BCUT2D eigenvalue weighted by Gasteiger charge is -2.18. The van der Waals surface area contributed by atoms with Gasteiger partial charge in [0, 0.05) is 11.6 Å². The first-order valence-corrected chi connectivity index (χ1v) is 6.04. The van der Waals surface area contributed by atoms with Gasteiger partial charge in [0.2, 0.25) is 0 Å². The molecule has 3 rings (SSSR count). The van der Waals surface area contributed by atoms with E-state index in [4.69, 9.17) is 9.47 Å². The predicted octanol–water partition coefficient (Wildman–Crippen LogP) is 2.97. The van der Waals surface area contributed by atoms with Crippen LogP contribution in [0.1, 0.15) is 15.9 Å². The standard InChI is InChI=1S/C15H10F2O3/c16-10-2-3-11(12(17)8-10)15(18)9-1-4-13-14(7-9)20-6-5-19-13/h1-4,7-8H,5-6H2. The Morgan fingerprint density at radius 1 is 0.950 bits per heavy atom. The van der Waals surface area contributed by atoms with Crippen LogP contribution in [0.25, 0.3) is 0 Å². The van der Waals surface area contributed by atoms with Gasteiger partial charge in [0.1, 0.15) is 24.8 Å². The van der Waals surface area contributed by atoms with Gasteiger partial charge >= 0.3 is 0 Å². The van der Waals surface area contributed by atoms with Gasteiger partial charge in [-0.05, 0) is 30.3 Å². The third-order valence-electron chi connectivity index (χ3n) is 2.98. The fourth-order valence-corrected chi connectivity index (χ4v) is 2.01. The molecule has 0 radical (unpaired) electrons. The van der Waals surface area contributed by atoms with Gasteiger partial charge in [0.25, 0.3) is 0 Å². The Hall–Kier alpha value is -2.43. The van der Waals surface area contributed by atoms with Gasteiger partial charge in [0.05, 0.1) is 5.56 Å². The number of carbonyl (C=O) groups is 1. The van der Waals surface area contributed by atoms with Gasteiger partial charge in [-0.1, -0.05) is 0 Å². The van der Waals surface area contributed by atoms with Crippen molar-refractivity contribution in [2.24, 2.45) is 0 Å². The summed E-state index contributed by atoms with van der Waals surface area (Å²) >= 11 is 0. The number of hydrogen-bond donors (Lipinski definition) is 0. The lowest BCUT2D eigenvalue weighted by molar-refractivity contribution is 0.103. The Labute approximate surface area is 113 Å². The van der Waals surface area contributed by atoms with Gasteiger partial charge in [-0.15, -0.1) is 0 Å². The largest absolute Gasteiger partial charge is 0.486 e. The van der Waals surface area contributed by atoms with E-state index in [2.05, 4.69) is 0 Å². The second-order valence-corrected chi connectivity index (χ2v) is 4.31. The summed E-state index contributed by atoms with van der Waals surface area (Å²) < 4.78 is 37.2. The molecule has 1 heterocycles. The van der Waals surface area contributed by atoms with E-state index in [9.17, 15) is 13.6 Å². The lowest BCUT2D eigenvalue weighted by Crippen LogP contribution is -2.16. The maximum Gasteiger partial charge on any atom is 0.196 e. The van der Waals surface area contributed by atoms with Crippen molar-refractivity contribution < 1.29 is 23.0 Å². The average molecular weight is 276 g/mol. The number of ketones is 1. The van der Waals surface area contributed by atoms with Crippen molar-refractivity contribution >= 4 is 5.78 Å². The predicted molar refractivity (Wildman–Crippen MR) is 67.2 cm³/mol. The fraction of sp³-hybridized carbons (Fsp3) is 0.133. The molecule has 0 atom stereocenters. The van der Waals surface area contributed by atoms with Crippen LogP contribution in [0.2, 0.25) is 0 Å². The zero-order valence-electron chi connectivity index (χ0n) is 10.4. The van der Waals surface area contributed by atoms with Crippen molar-refractivity contribution in [3.8, 4) is 11.5 Å². The summed E-state index contributed by atoms with van der Waals surface area (Å²) in [5, 5.41) is 0. The molecule has 2 aromatic carbocycles. The molecule has 0 aromatic heterocycles. The second kappa shape index (κ2) is 4.92. The van der Waals surface area contributed by atoms with E-state index in [-0.39, 0.29) is 11.1 Å². The van der Waals surface area contributed by atoms with Crippen molar-refractivity contribution in [2.75, 3.05) is 13.2 Å². The molecule has 3 nitrogen and oxygen atoms in total. The van der Waals surface area contributed by atoms with E-state index in [0.717, 1.165) is 12.1 Å².